The highest BCUT2D eigenvalue weighted by atomic mass is 16.5. The first-order valence-corrected chi connectivity index (χ1v) is 7.00. The summed E-state index contributed by atoms with van der Waals surface area (Å²) in [5.41, 5.74) is 0.864. The maximum absolute atomic E-state index is 12.7. The Kier molecular flexibility index (Phi) is 5.11. The Labute approximate surface area is 125 Å². The minimum Gasteiger partial charge on any atom is -0.367 e. The standard InChI is InChI=1S/C16H21N3O2/c1-4-19(12-14-17-10-11-18(14)2)16(20)15(21-3)13-8-6-5-7-9-13/h5-11,15H,4,12H2,1-3H3/t15-/m1/s1. The molecule has 1 aromatic carbocycles. The number of carbonyl (C=O) groups excluding carboxylic acids is 1. The van der Waals surface area contributed by atoms with Crippen molar-refractivity contribution in [2.75, 3.05) is 13.7 Å². The lowest BCUT2D eigenvalue weighted by Gasteiger charge is -2.25. The van der Waals surface area contributed by atoms with Gasteiger partial charge in [-0.25, -0.2) is 4.98 Å². The van der Waals surface area contributed by atoms with Crippen molar-refractivity contribution in [1.29, 1.82) is 0 Å². The average molecular weight is 287 g/mol. The Balaban J connectivity index is 2.17. The Morgan fingerprint density at radius 3 is 2.62 bits per heavy atom. The van der Waals surface area contributed by atoms with Crippen molar-refractivity contribution in [1.82, 2.24) is 14.5 Å². The molecular weight excluding hydrogens is 266 g/mol. The van der Waals surface area contributed by atoms with Crippen LogP contribution in [0.5, 0.6) is 0 Å². The fourth-order valence-electron chi connectivity index (χ4n) is 2.24. The first kappa shape index (κ1) is 15.3. The second kappa shape index (κ2) is 7.04. The number of aryl methyl sites for hydroxylation is 1. The number of imidazole rings is 1. The molecule has 1 heterocycles. The second-order valence-electron chi connectivity index (χ2n) is 4.83. The predicted molar refractivity (Wildman–Crippen MR) is 80.5 cm³/mol. The number of benzene rings is 1. The zero-order valence-corrected chi connectivity index (χ0v) is 12.7. The maximum Gasteiger partial charge on any atom is 0.256 e. The van der Waals surface area contributed by atoms with E-state index in [9.17, 15) is 4.79 Å². The Bertz CT molecular complexity index is 580. The Morgan fingerprint density at radius 2 is 2.10 bits per heavy atom. The van der Waals surface area contributed by atoms with E-state index >= 15 is 0 Å². The third-order valence-corrected chi connectivity index (χ3v) is 3.51. The summed E-state index contributed by atoms with van der Waals surface area (Å²) in [7, 11) is 3.48. The monoisotopic (exact) mass is 287 g/mol. The molecule has 1 aromatic heterocycles. The van der Waals surface area contributed by atoms with Crippen molar-refractivity contribution < 1.29 is 9.53 Å². The number of nitrogens with zero attached hydrogens (tertiary/aromatic N) is 3. The summed E-state index contributed by atoms with van der Waals surface area (Å²) >= 11 is 0. The van der Waals surface area contributed by atoms with Crippen LogP contribution in [0.3, 0.4) is 0 Å². The molecule has 0 aliphatic heterocycles. The predicted octanol–water partition coefficient (Wildman–Crippen LogP) is 2.16. The molecule has 0 aliphatic rings. The van der Waals surface area contributed by atoms with Crippen molar-refractivity contribution >= 4 is 5.91 Å². The summed E-state index contributed by atoms with van der Waals surface area (Å²) in [5, 5.41) is 0. The van der Waals surface area contributed by atoms with Gasteiger partial charge in [0.2, 0.25) is 0 Å². The number of methoxy groups -OCH3 is 1. The van der Waals surface area contributed by atoms with Crippen LogP contribution in [0.15, 0.2) is 42.7 Å². The molecule has 0 spiro atoms. The summed E-state index contributed by atoms with van der Waals surface area (Å²) in [5.74, 6) is 0.808. The van der Waals surface area contributed by atoms with Crippen LogP contribution in [0.4, 0.5) is 0 Å². The normalized spacial score (nSPS) is 12.1. The molecule has 21 heavy (non-hydrogen) atoms. The van der Waals surface area contributed by atoms with Gasteiger partial charge in [-0.15, -0.1) is 0 Å². The lowest BCUT2D eigenvalue weighted by atomic mass is 10.1. The molecule has 2 aromatic rings. The molecular formula is C16H21N3O2. The van der Waals surface area contributed by atoms with E-state index in [0.717, 1.165) is 11.4 Å². The second-order valence-corrected chi connectivity index (χ2v) is 4.83. The number of rotatable bonds is 6. The van der Waals surface area contributed by atoms with E-state index in [1.807, 2.05) is 55.1 Å². The van der Waals surface area contributed by atoms with E-state index < -0.39 is 6.10 Å². The number of hydrogen-bond donors (Lipinski definition) is 0. The van der Waals surface area contributed by atoms with Gasteiger partial charge in [0.15, 0.2) is 6.10 Å². The van der Waals surface area contributed by atoms with Gasteiger partial charge in [-0.05, 0) is 12.5 Å². The van der Waals surface area contributed by atoms with Gasteiger partial charge in [0.05, 0.1) is 6.54 Å². The van der Waals surface area contributed by atoms with Crippen LogP contribution in [0.1, 0.15) is 24.4 Å². The zero-order valence-electron chi connectivity index (χ0n) is 12.7. The van der Waals surface area contributed by atoms with Gasteiger partial charge in [0.1, 0.15) is 5.82 Å². The highest BCUT2D eigenvalue weighted by Crippen LogP contribution is 2.20. The van der Waals surface area contributed by atoms with Gasteiger partial charge in [0.25, 0.3) is 5.91 Å². The van der Waals surface area contributed by atoms with Crippen LogP contribution in [-0.2, 0) is 23.1 Å². The summed E-state index contributed by atoms with van der Waals surface area (Å²) in [4.78, 5) is 18.7. The molecule has 5 nitrogen and oxygen atoms in total. The molecule has 1 atom stereocenters. The quantitative estimate of drug-likeness (QED) is 0.818. The molecule has 5 heteroatoms. The van der Waals surface area contributed by atoms with Gasteiger partial charge < -0.3 is 14.2 Å². The lowest BCUT2D eigenvalue weighted by molar-refractivity contribution is -0.143. The largest absolute Gasteiger partial charge is 0.367 e. The van der Waals surface area contributed by atoms with Crippen LogP contribution in [0.25, 0.3) is 0 Å². The van der Waals surface area contributed by atoms with Crippen LogP contribution < -0.4 is 0 Å². The molecule has 2 rings (SSSR count). The number of hydrogen-bond acceptors (Lipinski definition) is 3. The van der Waals surface area contributed by atoms with Gasteiger partial charge in [-0.3, -0.25) is 4.79 Å². The molecule has 0 aliphatic carbocycles. The van der Waals surface area contributed by atoms with E-state index in [-0.39, 0.29) is 5.91 Å². The fraction of sp³-hybridized carbons (Fsp3) is 0.375. The highest BCUT2D eigenvalue weighted by Gasteiger charge is 2.25. The van der Waals surface area contributed by atoms with E-state index in [4.69, 9.17) is 4.74 Å². The molecule has 1 amide bonds. The summed E-state index contributed by atoms with van der Waals surface area (Å²) in [6.07, 6.45) is 3.03. The Hall–Kier alpha value is -2.14. The summed E-state index contributed by atoms with van der Waals surface area (Å²) < 4.78 is 7.33. The van der Waals surface area contributed by atoms with Crippen LogP contribution in [0.2, 0.25) is 0 Å². The molecule has 0 N–H and O–H groups in total. The number of carbonyl (C=O) groups is 1. The van der Waals surface area contributed by atoms with Crippen LogP contribution >= 0.6 is 0 Å². The first-order valence-electron chi connectivity index (χ1n) is 7.00. The zero-order chi connectivity index (χ0) is 15.2. The topological polar surface area (TPSA) is 47.4 Å². The van der Waals surface area contributed by atoms with E-state index in [1.165, 1.54) is 0 Å². The number of amides is 1. The highest BCUT2D eigenvalue weighted by molar-refractivity contribution is 5.82. The lowest BCUT2D eigenvalue weighted by Crippen LogP contribution is -2.36. The number of likely N-dealkylation sites (N-methyl/N-ethyl adjacent to an activating group) is 1. The summed E-state index contributed by atoms with van der Waals surface area (Å²) in [6, 6.07) is 9.54. The molecule has 0 fully saturated rings. The molecule has 112 valence electrons. The van der Waals surface area contributed by atoms with Gasteiger partial charge in [-0.1, -0.05) is 30.3 Å². The van der Waals surface area contributed by atoms with Crippen LogP contribution in [-0.4, -0.2) is 34.0 Å². The van der Waals surface area contributed by atoms with Crippen molar-refractivity contribution in [2.24, 2.45) is 7.05 Å². The third kappa shape index (κ3) is 3.49. The number of aromatic nitrogens is 2. The van der Waals surface area contributed by atoms with Gasteiger partial charge >= 0.3 is 0 Å². The maximum atomic E-state index is 12.7. The first-order chi connectivity index (χ1) is 10.2. The average Bonchev–Trinajstić information content (AvgIpc) is 2.91. The van der Waals surface area contributed by atoms with Crippen molar-refractivity contribution in [3.8, 4) is 0 Å². The van der Waals surface area contributed by atoms with Crippen molar-refractivity contribution in [3.05, 3.63) is 54.1 Å². The van der Waals surface area contributed by atoms with Crippen molar-refractivity contribution in [2.45, 2.75) is 19.6 Å². The molecule has 0 saturated carbocycles. The number of ether oxygens (including phenoxy) is 1. The Morgan fingerprint density at radius 1 is 1.38 bits per heavy atom. The van der Waals surface area contributed by atoms with E-state index in [2.05, 4.69) is 4.98 Å². The minimum absolute atomic E-state index is 0.0470. The molecule has 0 bridgehead atoms. The van der Waals surface area contributed by atoms with Gasteiger partial charge in [0, 0.05) is 33.1 Å². The molecule has 0 saturated heterocycles. The van der Waals surface area contributed by atoms with E-state index in [1.54, 1.807) is 18.2 Å². The minimum atomic E-state index is -0.577. The summed E-state index contributed by atoms with van der Waals surface area (Å²) in [6.45, 7) is 3.04. The smallest absolute Gasteiger partial charge is 0.256 e. The molecule has 0 radical (unpaired) electrons. The van der Waals surface area contributed by atoms with Gasteiger partial charge in [-0.2, -0.15) is 0 Å². The third-order valence-electron chi connectivity index (χ3n) is 3.51. The van der Waals surface area contributed by atoms with Crippen LogP contribution in [0, 0.1) is 0 Å². The van der Waals surface area contributed by atoms with E-state index in [0.29, 0.717) is 13.1 Å². The molecule has 0 unspecified atom stereocenters. The van der Waals surface area contributed by atoms with Crippen molar-refractivity contribution in [3.63, 3.8) is 0 Å². The fourth-order valence-corrected chi connectivity index (χ4v) is 2.24. The SMILES string of the molecule is CCN(Cc1nccn1C)C(=O)[C@H](OC)c1ccccc1.